The fraction of sp³-hybridized carbons (Fsp3) is 0.286. The average molecular weight is 596 g/mol. The molecule has 0 radical (unpaired) electrons. The normalized spacial score (nSPS) is 14.2. The number of nitrogens with one attached hydrogen (secondary N) is 1. The highest BCUT2D eigenvalue weighted by molar-refractivity contribution is 7.99. The summed E-state index contributed by atoms with van der Waals surface area (Å²) in [7, 11) is 0. The molecule has 1 unspecified atom stereocenters. The molecule has 43 heavy (non-hydrogen) atoms. The lowest BCUT2D eigenvalue weighted by Crippen LogP contribution is -2.23. The molecule has 222 valence electrons. The second-order valence-corrected chi connectivity index (χ2v) is 11.3. The van der Waals surface area contributed by atoms with Crippen molar-refractivity contribution in [3.63, 3.8) is 0 Å². The molecule has 4 aromatic rings. The van der Waals surface area contributed by atoms with Crippen LogP contribution in [-0.4, -0.2) is 31.2 Å². The minimum atomic E-state index is -0.0980. The van der Waals surface area contributed by atoms with E-state index in [4.69, 9.17) is 14.2 Å². The molecule has 0 spiro atoms. The van der Waals surface area contributed by atoms with Gasteiger partial charge in [-0.25, -0.2) is 0 Å². The van der Waals surface area contributed by atoms with E-state index in [1.165, 1.54) is 0 Å². The van der Waals surface area contributed by atoms with E-state index in [0.29, 0.717) is 48.4 Å². The maximum atomic E-state index is 9.79. The molecule has 1 saturated heterocycles. The van der Waals surface area contributed by atoms with Crippen molar-refractivity contribution < 1.29 is 19.3 Å². The number of benzene rings is 4. The molecular weight excluding hydrogens is 558 g/mol. The van der Waals surface area contributed by atoms with Crippen molar-refractivity contribution in [2.24, 2.45) is 5.92 Å². The number of nitriles is 1. The predicted molar refractivity (Wildman–Crippen MR) is 173 cm³/mol. The minimum Gasteiger partial charge on any atom is -0.493 e. The van der Waals surface area contributed by atoms with Crippen molar-refractivity contribution in [1.29, 1.82) is 5.26 Å². The summed E-state index contributed by atoms with van der Waals surface area (Å²) in [6, 6.07) is 29.9. The topological polar surface area (TPSA) is 87.0 Å². The summed E-state index contributed by atoms with van der Waals surface area (Å²) in [5.74, 6) is 2.38. The number of anilines is 2. The number of aliphatic hydroxyl groups excluding tert-OH is 1. The third kappa shape index (κ3) is 8.23. The zero-order valence-electron chi connectivity index (χ0n) is 24.6. The highest BCUT2D eigenvalue weighted by Crippen LogP contribution is 2.32. The van der Waals surface area contributed by atoms with Crippen LogP contribution in [0, 0.1) is 24.2 Å². The second kappa shape index (κ2) is 14.8. The highest BCUT2D eigenvalue weighted by Gasteiger charge is 2.17. The molecule has 1 fully saturated rings. The van der Waals surface area contributed by atoms with E-state index in [1.54, 1.807) is 11.9 Å². The Morgan fingerprint density at radius 3 is 2.49 bits per heavy atom. The summed E-state index contributed by atoms with van der Waals surface area (Å²) < 4.78 is 21.0. The molecule has 0 aromatic heterocycles. The van der Waals surface area contributed by atoms with Crippen LogP contribution in [0.25, 0.3) is 0 Å². The molecule has 0 amide bonds. The summed E-state index contributed by atoms with van der Waals surface area (Å²) >= 11 is 1.57. The standard InChI is InChI=1S/C35H37N3O4S/c1-25-34(37-43-2)7-4-8-35(25)38(21-28-6-3-5-27(15-28)19-36)20-26-9-11-31(12-10-26)42-33-17-30(22-39)16-32(18-33)41-24-29-13-14-40-23-29/h3-12,15-18,29,37,39H,13-14,20-24H2,1-2H3. The van der Waals surface area contributed by atoms with E-state index in [0.717, 1.165) is 53.3 Å². The molecule has 0 saturated carbocycles. The maximum absolute atomic E-state index is 9.79. The molecule has 4 aromatic carbocycles. The Kier molecular flexibility index (Phi) is 10.5. The number of ether oxygens (including phenoxy) is 3. The van der Waals surface area contributed by atoms with Crippen LogP contribution in [0.15, 0.2) is 84.9 Å². The Bertz CT molecular complexity index is 1550. The fourth-order valence-corrected chi connectivity index (χ4v) is 5.63. The van der Waals surface area contributed by atoms with Gasteiger partial charge in [0.25, 0.3) is 0 Å². The smallest absolute Gasteiger partial charge is 0.131 e. The average Bonchev–Trinajstić information content (AvgIpc) is 3.56. The van der Waals surface area contributed by atoms with Crippen LogP contribution in [-0.2, 0) is 24.4 Å². The minimum absolute atomic E-state index is 0.0980. The van der Waals surface area contributed by atoms with Gasteiger partial charge < -0.3 is 28.9 Å². The Morgan fingerprint density at radius 1 is 0.953 bits per heavy atom. The van der Waals surface area contributed by atoms with E-state index in [2.05, 4.69) is 59.0 Å². The van der Waals surface area contributed by atoms with Crippen molar-refractivity contribution in [2.75, 3.05) is 35.7 Å². The van der Waals surface area contributed by atoms with Gasteiger partial charge in [-0.05, 0) is 84.1 Å². The maximum Gasteiger partial charge on any atom is 0.131 e. The first-order valence-electron chi connectivity index (χ1n) is 14.4. The van der Waals surface area contributed by atoms with Crippen LogP contribution in [0.4, 0.5) is 11.4 Å². The lowest BCUT2D eigenvalue weighted by atomic mass is 10.1. The van der Waals surface area contributed by atoms with E-state index in [1.807, 2.05) is 54.8 Å². The largest absolute Gasteiger partial charge is 0.493 e. The van der Waals surface area contributed by atoms with E-state index in [-0.39, 0.29) is 6.61 Å². The monoisotopic (exact) mass is 595 g/mol. The number of nitrogens with zero attached hydrogens (tertiary/aromatic N) is 2. The van der Waals surface area contributed by atoms with Gasteiger partial charge in [0.2, 0.25) is 0 Å². The number of hydrogen-bond acceptors (Lipinski definition) is 8. The van der Waals surface area contributed by atoms with Crippen molar-refractivity contribution in [2.45, 2.75) is 33.0 Å². The number of hydrogen-bond donors (Lipinski definition) is 2. The summed E-state index contributed by atoms with van der Waals surface area (Å²) in [5.41, 5.74) is 6.95. The molecule has 0 aliphatic carbocycles. The zero-order chi connectivity index (χ0) is 30.0. The Labute approximate surface area is 258 Å². The van der Waals surface area contributed by atoms with Crippen LogP contribution in [0.1, 0.15) is 34.2 Å². The van der Waals surface area contributed by atoms with Crippen LogP contribution >= 0.6 is 11.9 Å². The highest BCUT2D eigenvalue weighted by atomic mass is 32.2. The Balaban J connectivity index is 1.33. The molecule has 7 nitrogen and oxygen atoms in total. The molecule has 5 rings (SSSR count). The van der Waals surface area contributed by atoms with Crippen molar-refractivity contribution in [3.8, 4) is 23.3 Å². The van der Waals surface area contributed by atoms with Crippen LogP contribution in [0.2, 0.25) is 0 Å². The lowest BCUT2D eigenvalue weighted by molar-refractivity contribution is 0.167. The summed E-state index contributed by atoms with van der Waals surface area (Å²) in [6.45, 7) is 5.44. The van der Waals surface area contributed by atoms with Gasteiger partial charge in [0.15, 0.2) is 0 Å². The molecule has 2 N–H and O–H groups in total. The van der Waals surface area contributed by atoms with Gasteiger partial charge >= 0.3 is 0 Å². The Morgan fingerprint density at radius 2 is 1.74 bits per heavy atom. The van der Waals surface area contributed by atoms with Crippen molar-refractivity contribution >= 4 is 23.3 Å². The van der Waals surface area contributed by atoms with E-state index in [9.17, 15) is 10.4 Å². The third-order valence-electron chi connectivity index (χ3n) is 7.45. The molecular formula is C35H37N3O4S. The predicted octanol–water partition coefficient (Wildman–Crippen LogP) is 7.46. The molecule has 8 heteroatoms. The molecule has 0 bridgehead atoms. The van der Waals surface area contributed by atoms with Gasteiger partial charge in [-0.1, -0.05) is 42.3 Å². The van der Waals surface area contributed by atoms with Gasteiger partial charge in [-0.2, -0.15) is 5.26 Å². The molecule has 1 aliphatic heterocycles. The van der Waals surface area contributed by atoms with Crippen LogP contribution in [0.3, 0.4) is 0 Å². The van der Waals surface area contributed by atoms with Crippen molar-refractivity contribution in [1.82, 2.24) is 0 Å². The lowest BCUT2D eigenvalue weighted by Gasteiger charge is -2.28. The summed E-state index contributed by atoms with van der Waals surface area (Å²) in [5, 5.41) is 19.2. The third-order valence-corrected chi connectivity index (χ3v) is 7.88. The SMILES string of the molecule is CSNc1cccc(N(Cc2ccc(Oc3cc(CO)cc(OCC4CCOC4)c3)cc2)Cc2cccc(C#N)c2)c1C. The molecule has 1 aliphatic rings. The van der Waals surface area contributed by atoms with Gasteiger partial charge in [0.1, 0.15) is 17.2 Å². The first-order chi connectivity index (χ1) is 21.0. The van der Waals surface area contributed by atoms with Crippen LogP contribution < -0.4 is 19.1 Å². The summed E-state index contributed by atoms with van der Waals surface area (Å²) in [6.07, 6.45) is 3.01. The Hall–Kier alpha value is -4.16. The zero-order valence-corrected chi connectivity index (χ0v) is 25.4. The van der Waals surface area contributed by atoms with Gasteiger partial charge in [-0.15, -0.1) is 0 Å². The molecule has 1 atom stereocenters. The van der Waals surface area contributed by atoms with E-state index >= 15 is 0 Å². The first kappa shape index (κ1) is 30.3. The van der Waals surface area contributed by atoms with Crippen molar-refractivity contribution in [3.05, 3.63) is 113 Å². The van der Waals surface area contributed by atoms with E-state index < -0.39 is 0 Å². The number of aliphatic hydroxyl groups is 1. The van der Waals surface area contributed by atoms with Gasteiger partial charge in [0.05, 0.1) is 31.5 Å². The molecule has 1 heterocycles. The van der Waals surface area contributed by atoms with Gasteiger partial charge in [0, 0.05) is 49.3 Å². The first-order valence-corrected chi connectivity index (χ1v) is 15.6. The summed E-state index contributed by atoms with van der Waals surface area (Å²) in [4.78, 5) is 2.33. The van der Waals surface area contributed by atoms with Gasteiger partial charge in [-0.3, -0.25) is 0 Å². The fourth-order valence-electron chi connectivity index (χ4n) is 5.18. The quantitative estimate of drug-likeness (QED) is 0.154. The van der Waals surface area contributed by atoms with Crippen LogP contribution in [0.5, 0.6) is 17.2 Å². The number of rotatable bonds is 13. The second-order valence-electron chi connectivity index (χ2n) is 10.7.